The van der Waals surface area contributed by atoms with Crippen molar-refractivity contribution in [3.63, 3.8) is 0 Å². The third-order valence-electron chi connectivity index (χ3n) is 3.58. The van der Waals surface area contributed by atoms with E-state index in [2.05, 4.69) is 25.7 Å². The molecule has 2 aromatic carbocycles. The van der Waals surface area contributed by atoms with Gasteiger partial charge in [0, 0.05) is 10.6 Å². The Bertz CT molecular complexity index is 1030. The monoisotopic (exact) mass is 384 g/mol. The fourth-order valence-corrected chi connectivity index (χ4v) is 3.20. The largest absolute Gasteiger partial charge is 0.338 e. The van der Waals surface area contributed by atoms with Crippen molar-refractivity contribution in [3.05, 3.63) is 65.0 Å². The zero-order valence-corrected chi connectivity index (χ0v) is 15.3. The standard InChI is InChI=1S/C17H13ClN6OS/c1-11-3-2-4-14(9-11)24-17(20-22-23-24)26-10-15-19-16(21-25-15)12-5-7-13(18)8-6-12/h2-9H,10H2,1H3. The van der Waals surface area contributed by atoms with Gasteiger partial charge in [-0.15, -0.1) is 5.10 Å². The van der Waals surface area contributed by atoms with Gasteiger partial charge in [0.1, 0.15) is 0 Å². The van der Waals surface area contributed by atoms with E-state index < -0.39 is 0 Å². The van der Waals surface area contributed by atoms with Crippen molar-refractivity contribution in [2.45, 2.75) is 17.8 Å². The maximum Gasteiger partial charge on any atom is 0.237 e. The molecule has 4 rings (SSSR count). The van der Waals surface area contributed by atoms with Crippen molar-refractivity contribution in [1.29, 1.82) is 0 Å². The van der Waals surface area contributed by atoms with Crippen molar-refractivity contribution in [2.75, 3.05) is 0 Å². The summed E-state index contributed by atoms with van der Waals surface area (Å²) in [5, 5.41) is 17.2. The van der Waals surface area contributed by atoms with E-state index >= 15 is 0 Å². The van der Waals surface area contributed by atoms with E-state index in [4.69, 9.17) is 16.1 Å². The first-order valence-corrected chi connectivity index (χ1v) is 9.12. The first-order valence-electron chi connectivity index (χ1n) is 7.76. The minimum atomic E-state index is 0.465. The first-order chi connectivity index (χ1) is 12.7. The van der Waals surface area contributed by atoms with Crippen LogP contribution in [0.5, 0.6) is 0 Å². The van der Waals surface area contributed by atoms with Crippen LogP contribution in [-0.4, -0.2) is 30.3 Å². The third-order valence-corrected chi connectivity index (χ3v) is 4.74. The number of rotatable bonds is 5. The Morgan fingerprint density at radius 3 is 2.81 bits per heavy atom. The predicted octanol–water partition coefficient (Wildman–Crippen LogP) is 3.97. The summed E-state index contributed by atoms with van der Waals surface area (Å²) >= 11 is 7.33. The quantitative estimate of drug-likeness (QED) is 0.481. The molecule has 26 heavy (non-hydrogen) atoms. The molecule has 2 aromatic heterocycles. The summed E-state index contributed by atoms with van der Waals surface area (Å²) in [6.45, 7) is 2.03. The molecule has 7 nitrogen and oxygen atoms in total. The summed E-state index contributed by atoms with van der Waals surface area (Å²) in [5.74, 6) is 1.49. The highest BCUT2D eigenvalue weighted by Gasteiger charge is 2.13. The van der Waals surface area contributed by atoms with Gasteiger partial charge in [-0.2, -0.15) is 9.67 Å². The summed E-state index contributed by atoms with van der Waals surface area (Å²) in [5.41, 5.74) is 2.89. The molecule has 0 spiro atoms. The molecule has 0 saturated carbocycles. The maximum absolute atomic E-state index is 5.90. The highest BCUT2D eigenvalue weighted by atomic mass is 35.5. The van der Waals surface area contributed by atoms with Crippen LogP contribution in [0.4, 0.5) is 0 Å². The molecule has 130 valence electrons. The summed E-state index contributed by atoms with van der Waals surface area (Å²) in [7, 11) is 0. The van der Waals surface area contributed by atoms with E-state index in [0.29, 0.717) is 27.6 Å². The van der Waals surface area contributed by atoms with Crippen LogP contribution >= 0.6 is 23.4 Å². The van der Waals surface area contributed by atoms with Crippen LogP contribution in [0.15, 0.2) is 58.2 Å². The first kappa shape index (κ1) is 16.7. The van der Waals surface area contributed by atoms with Crippen LogP contribution in [-0.2, 0) is 5.75 Å². The highest BCUT2D eigenvalue weighted by Crippen LogP contribution is 2.24. The Morgan fingerprint density at radius 2 is 2.00 bits per heavy atom. The number of hydrogen-bond acceptors (Lipinski definition) is 7. The van der Waals surface area contributed by atoms with Gasteiger partial charge in [0.05, 0.1) is 11.4 Å². The predicted molar refractivity (Wildman–Crippen MR) is 98.2 cm³/mol. The molecule has 0 radical (unpaired) electrons. The Balaban J connectivity index is 1.49. The van der Waals surface area contributed by atoms with E-state index in [-0.39, 0.29) is 0 Å². The minimum absolute atomic E-state index is 0.465. The molecule has 4 aromatic rings. The van der Waals surface area contributed by atoms with E-state index in [1.54, 1.807) is 16.8 Å². The maximum atomic E-state index is 5.90. The lowest BCUT2D eigenvalue weighted by Gasteiger charge is -2.03. The van der Waals surface area contributed by atoms with Crippen molar-refractivity contribution < 1.29 is 4.52 Å². The second kappa shape index (κ2) is 7.27. The SMILES string of the molecule is Cc1cccc(-n2nnnc2SCc2nc(-c3ccc(Cl)cc3)no2)c1. The summed E-state index contributed by atoms with van der Waals surface area (Å²) in [4.78, 5) is 4.41. The number of tetrazole rings is 1. The summed E-state index contributed by atoms with van der Waals surface area (Å²) < 4.78 is 7.01. The lowest BCUT2D eigenvalue weighted by molar-refractivity contribution is 0.391. The number of benzene rings is 2. The summed E-state index contributed by atoms with van der Waals surface area (Å²) in [6, 6.07) is 15.2. The van der Waals surface area contributed by atoms with E-state index in [0.717, 1.165) is 16.8 Å². The van der Waals surface area contributed by atoms with Crippen LogP contribution in [0.3, 0.4) is 0 Å². The number of aromatic nitrogens is 6. The molecular weight excluding hydrogens is 372 g/mol. The topological polar surface area (TPSA) is 82.5 Å². The Hall–Kier alpha value is -2.71. The van der Waals surface area contributed by atoms with Crippen molar-refractivity contribution in [2.24, 2.45) is 0 Å². The molecule has 0 aliphatic rings. The normalized spacial score (nSPS) is 11.0. The zero-order chi connectivity index (χ0) is 17.9. The lowest BCUT2D eigenvalue weighted by Crippen LogP contribution is -1.99. The third kappa shape index (κ3) is 3.61. The molecule has 0 saturated heterocycles. The Labute approximate surface area is 158 Å². The smallest absolute Gasteiger partial charge is 0.237 e. The van der Waals surface area contributed by atoms with E-state index in [1.165, 1.54) is 11.8 Å². The van der Waals surface area contributed by atoms with Gasteiger partial charge in [0.25, 0.3) is 0 Å². The number of nitrogens with zero attached hydrogens (tertiary/aromatic N) is 6. The fraction of sp³-hybridized carbons (Fsp3) is 0.118. The molecule has 9 heteroatoms. The van der Waals surface area contributed by atoms with Crippen molar-refractivity contribution in [1.82, 2.24) is 30.3 Å². The second-order valence-electron chi connectivity index (χ2n) is 5.52. The number of aryl methyl sites for hydroxylation is 1. The van der Waals surface area contributed by atoms with Crippen LogP contribution in [0.25, 0.3) is 17.1 Å². The zero-order valence-electron chi connectivity index (χ0n) is 13.7. The van der Waals surface area contributed by atoms with Gasteiger partial charge in [-0.3, -0.25) is 0 Å². The number of halogens is 1. The number of thioether (sulfide) groups is 1. The summed E-state index contributed by atoms with van der Waals surface area (Å²) in [6.07, 6.45) is 0. The molecule has 0 unspecified atom stereocenters. The van der Waals surface area contributed by atoms with Gasteiger partial charge in [-0.05, 0) is 59.3 Å². The molecule has 0 amide bonds. The minimum Gasteiger partial charge on any atom is -0.338 e. The average molecular weight is 385 g/mol. The van der Waals surface area contributed by atoms with Crippen LogP contribution < -0.4 is 0 Å². The van der Waals surface area contributed by atoms with Gasteiger partial charge >= 0.3 is 0 Å². The van der Waals surface area contributed by atoms with E-state index in [1.807, 2.05) is 43.3 Å². The molecule has 0 aliphatic carbocycles. The Morgan fingerprint density at radius 1 is 1.15 bits per heavy atom. The number of hydrogen-bond donors (Lipinski definition) is 0. The van der Waals surface area contributed by atoms with Crippen molar-refractivity contribution in [3.8, 4) is 17.1 Å². The van der Waals surface area contributed by atoms with Gasteiger partial charge in [-0.25, -0.2) is 0 Å². The molecule has 0 bridgehead atoms. The van der Waals surface area contributed by atoms with Crippen molar-refractivity contribution >= 4 is 23.4 Å². The van der Waals surface area contributed by atoms with Crippen LogP contribution in [0.2, 0.25) is 5.02 Å². The van der Waals surface area contributed by atoms with Gasteiger partial charge in [0.2, 0.25) is 16.9 Å². The Kier molecular flexibility index (Phi) is 4.68. The van der Waals surface area contributed by atoms with Gasteiger partial charge in [0.15, 0.2) is 0 Å². The van der Waals surface area contributed by atoms with Gasteiger partial charge < -0.3 is 4.52 Å². The molecule has 2 heterocycles. The second-order valence-corrected chi connectivity index (χ2v) is 6.90. The molecule has 0 atom stereocenters. The highest BCUT2D eigenvalue weighted by molar-refractivity contribution is 7.98. The lowest BCUT2D eigenvalue weighted by atomic mass is 10.2. The molecular formula is C17H13ClN6OS. The van der Waals surface area contributed by atoms with Gasteiger partial charge in [-0.1, -0.05) is 40.7 Å². The average Bonchev–Trinajstić information content (AvgIpc) is 3.30. The van der Waals surface area contributed by atoms with Crippen LogP contribution in [0, 0.1) is 6.92 Å². The fourth-order valence-electron chi connectivity index (χ4n) is 2.35. The molecule has 0 N–H and O–H groups in total. The molecule has 0 fully saturated rings. The molecule has 0 aliphatic heterocycles. The van der Waals surface area contributed by atoms with E-state index in [9.17, 15) is 0 Å². The van der Waals surface area contributed by atoms with Crippen LogP contribution in [0.1, 0.15) is 11.5 Å².